The van der Waals surface area contributed by atoms with Gasteiger partial charge >= 0.3 is 6.18 Å². The molecule has 2 heterocycles. The Morgan fingerprint density at radius 2 is 1.88 bits per heavy atom. The Balaban J connectivity index is 2.03. The molecule has 0 radical (unpaired) electrons. The van der Waals surface area contributed by atoms with Gasteiger partial charge in [-0.1, -0.05) is 0 Å². The van der Waals surface area contributed by atoms with Crippen molar-refractivity contribution in [3.63, 3.8) is 0 Å². The summed E-state index contributed by atoms with van der Waals surface area (Å²) >= 11 is 4.05. The second kappa shape index (κ2) is 5.92. The zero-order valence-electron chi connectivity index (χ0n) is 11.6. The third kappa shape index (κ3) is 3.35. The number of hydrogen-bond acceptors (Lipinski definition) is 4. The van der Waals surface area contributed by atoms with Crippen molar-refractivity contribution in [1.82, 2.24) is 9.97 Å². The van der Waals surface area contributed by atoms with Crippen LogP contribution >= 0.6 is 27.3 Å². The maximum absolute atomic E-state index is 13.8. The van der Waals surface area contributed by atoms with Crippen LogP contribution in [0.3, 0.4) is 0 Å². The minimum Gasteiger partial charge on any atom is -0.344 e. The van der Waals surface area contributed by atoms with Gasteiger partial charge in [-0.3, -0.25) is 4.72 Å². The van der Waals surface area contributed by atoms with Gasteiger partial charge in [0.25, 0.3) is 10.0 Å². The monoisotopic (exact) mass is 461 g/mol. The molecule has 0 unspecified atom stereocenters. The Kier molecular flexibility index (Phi) is 4.28. The molecule has 0 aliphatic carbocycles. The van der Waals surface area contributed by atoms with E-state index in [-0.39, 0.29) is 27.4 Å². The second-order valence-corrected chi connectivity index (χ2v) is 8.64. The molecule has 1 aromatic carbocycles. The van der Waals surface area contributed by atoms with E-state index in [1.165, 1.54) is 0 Å². The van der Waals surface area contributed by atoms with Gasteiger partial charge < -0.3 is 4.98 Å². The quantitative estimate of drug-likeness (QED) is 0.564. The molecule has 2 aromatic heterocycles. The number of sulfonamides is 1. The molecule has 0 saturated heterocycles. The lowest BCUT2D eigenvalue weighted by Gasteiger charge is -2.12. The van der Waals surface area contributed by atoms with Crippen LogP contribution in [0.4, 0.5) is 27.6 Å². The highest BCUT2D eigenvalue weighted by Gasteiger charge is 2.35. The number of anilines is 1. The number of H-pyrrole nitrogens is 1. The van der Waals surface area contributed by atoms with Crippen molar-refractivity contribution in [2.24, 2.45) is 0 Å². The van der Waals surface area contributed by atoms with Gasteiger partial charge in [0, 0.05) is 12.3 Å². The van der Waals surface area contributed by atoms with Gasteiger partial charge in [-0.15, -0.1) is 11.3 Å². The van der Waals surface area contributed by atoms with Crippen LogP contribution in [0.1, 0.15) is 5.56 Å². The molecule has 5 nitrogen and oxygen atoms in total. The van der Waals surface area contributed by atoms with Crippen LogP contribution in [0.5, 0.6) is 0 Å². The number of thiazole rings is 1. The van der Waals surface area contributed by atoms with Crippen LogP contribution in [0.15, 0.2) is 27.1 Å². The summed E-state index contributed by atoms with van der Waals surface area (Å²) in [6, 6.07) is 0.0331. The molecule has 0 saturated carbocycles. The Morgan fingerprint density at radius 1 is 1.20 bits per heavy atom. The zero-order chi connectivity index (χ0) is 18.6. The molecule has 0 fully saturated rings. The molecule has 25 heavy (non-hydrogen) atoms. The van der Waals surface area contributed by atoms with Gasteiger partial charge in [0.15, 0.2) is 9.56 Å². The van der Waals surface area contributed by atoms with Crippen LogP contribution < -0.4 is 4.72 Å². The first-order chi connectivity index (χ1) is 11.5. The summed E-state index contributed by atoms with van der Waals surface area (Å²) in [5, 5.41) is 0. The zero-order valence-corrected chi connectivity index (χ0v) is 14.8. The molecule has 3 rings (SSSR count). The standard InChI is InChI=1S/C12H5BrF5N3O2S2/c13-11-20-10-9(24-11)8(3-19-10)25(22,23)21-7-2-5(14)4(1-6(7)15)12(16,17)18/h1-3,19,21H. The first kappa shape index (κ1) is 18.1. The number of aromatic nitrogens is 2. The average molecular weight is 462 g/mol. The lowest BCUT2D eigenvalue weighted by atomic mass is 10.2. The predicted molar refractivity (Wildman–Crippen MR) is 83.8 cm³/mol. The first-order valence-electron chi connectivity index (χ1n) is 6.21. The van der Waals surface area contributed by atoms with Crippen LogP contribution in [-0.4, -0.2) is 18.4 Å². The second-order valence-electron chi connectivity index (χ2n) is 4.71. The van der Waals surface area contributed by atoms with E-state index < -0.39 is 39.1 Å². The number of halogens is 6. The highest BCUT2D eigenvalue weighted by Crippen LogP contribution is 2.35. The van der Waals surface area contributed by atoms with Crippen molar-refractivity contribution in [3.8, 4) is 0 Å². The average Bonchev–Trinajstić information content (AvgIpc) is 2.99. The molecule has 0 amide bonds. The maximum atomic E-state index is 13.8. The third-order valence-corrected chi connectivity index (χ3v) is 6.12. The molecule has 0 aliphatic heterocycles. The van der Waals surface area contributed by atoms with Crippen molar-refractivity contribution in [2.45, 2.75) is 11.1 Å². The normalized spacial score (nSPS) is 12.7. The molecular weight excluding hydrogens is 457 g/mol. The summed E-state index contributed by atoms with van der Waals surface area (Å²) in [6.07, 6.45) is -4.02. The Bertz CT molecular complexity index is 1070. The smallest absolute Gasteiger partial charge is 0.344 e. The summed E-state index contributed by atoms with van der Waals surface area (Å²) < 4.78 is 92.1. The van der Waals surface area contributed by atoms with Gasteiger partial charge in [0.05, 0.1) is 16.0 Å². The predicted octanol–water partition coefficient (Wildman–Crippen LogP) is 4.48. The van der Waals surface area contributed by atoms with Crippen LogP contribution in [-0.2, 0) is 16.2 Å². The first-order valence-corrected chi connectivity index (χ1v) is 9.31. The Hall–Kier alpha value is -1.73. The summed E-state index contributed by atoms with van der Waals surface area (Å²) in [4.78, 5) is 6.24. The number of aromatic amines is 1. The number of nitrogens with zero attached hydrogens (tertiary/aromatic N) is 1. The van der Waals surface area contributed by atoms with E-state index in [0.717, 1.165) is 17.5 Å². The lowest BCUT2D eigenvalue weighted by Crippen LogP contribution is -2.15. The van der Waals surface area contributed by atoms with E-state index in [1.807, 2.05) is 0 Å². The molecule has 0 bridgehead atoms. The van der Waals surface area contributed by atoms with Crippen molar-refractivity contribution < 1.29 is 30.4 Å². The highest BCUT2D eigenvalue weighted by atomic mass is 79.9. The number of hydrogen-bond donors (Lipinski definition) is 2. The molecule has 2 N–H and O–H groups in total. The van der Waals surface area contributed by atoms with Crippen molar-refractivity contribution in [1.29, 1.82) is 0 Å². The fourth-order valence-electron chi connectivity index (χ4n) is 2.00. The fraction of sp³-hybridized carbons (Fsp3) is 0.0833. The van der Waals surface area contributed by atoms with Gasteiger partial charge in [0.2, 0.25) is 0 Å². The minimum atomic E-state index is -5.11. The van der Waals surface area contributed by atoms with Gasteiger partial charge in [-0.2, -0.15) is 13.2 Å². The topological polar surface area (TPSA) is 74.8 Å². The molecule has 0 aliphatic rings. The highest BCUT2D eigenvalue weighted by molar-refractivity contribution is 9.11. The molecule has 0 atom stereocenters. The van der Waals surface area contributed by atoms with E-state index in [2.05, 4.69) is 25.9 Å². The van der Waals surface area contributed by atoms with E-state index in [1.54, 1.807) is 4.72 Å². The van der Waals surface area contributed by atoms with Crippen molar-refractivity contribution in [2.75, 3.05) is 4.72 Å². The van der Waals surface area contributed by atoms with Gasteiger partial charge in [-0.25, -0.2) is 22.2 Å². The number of benzene rings is 1. The largest absolute Gasteiger partial charge is 0.419 e. The number of nitrogens with one attached hydrogen (secondary N) is 2. The van der Waals surface area contributed by atoms with E-state index in [0.29, 0.717) is 3.92 Å². The number of fused-ring (bicyclic) bond motifs is 1. The summed E-state index contributed by atoms with van der Waals surface area (Å²) in [7, 11) is -4.39. The van der Waals surface area contributed by atoms with Crippen molar-refractivity contribution >= 4 is 53.3 Å². The van der Waals surface area contributed by atoms with Crippen LogP contribution in [0, 0.1) is 11.6 Å². The van der Waals surface area contributed by atoms with Crippen molar-refractivity contribution in [3.05, 3.63) is 39.4 Å². The van der Waals surface area contributed by atoms with Crippen LogP contribution in [0.2, 0.25) is 0 Å². The molecular formula is C12H5BrF5N3O2S2. The SMILES string of the molecule is O=S(=O)(Nc1cc(F)c(C(F)(F)F)cc1F)c1c[nH]c2nc(Br)sc12. The lowest BCUT2D eigenvalue weighted by molar-refractivity contribution is -0.140. The van der Waals surface area contributed by atoms with E-state index in [9.17, 15) is 30.4 Å². The van der Waals surface area contributed by atoms with E-state index in [4.69, 9.17) is 0 Å². The molecule has 0 spiro atoms. The molecule has 134 valence electrons. The fourth-order valence-corrected chi connectivity index (χ4v) is 4.89. The minimum absolute atomic E-state index is 0.108. The van der Waals surface area contributed by atoms with Gasteiger partial charge in [0.1, 0.15) is 16.5 Å². The summed E-state index contributed by atoms with van der Waals surface area (Å²) in [5.74, 6) is -3.36. The molecule has 3 aromatic rings. The number of alkyl halides is 3. The maximum Gasteiger partial charge on any atom is 0.419 e. The van der Waals surface area contributed by atoms with Crippen LogP contribution in [0.25, 0.3) is 10.3 Å². The third-order valence-electron chi connectivity index (χ3n) is 3.06. The van der Waals surface area contributed by atoms with E-state index >= 15 is 0 Å². The number of rotatable bonds is 3. The van der Waals surface area contributed by atoms with Gasteiger partial charge in [-0.05, 0) is 22.0 Å². The summed E-state index contributed by atoms with van der Waals surface area (Å²) in [6.45, 7) is 0. The summed E-state index contributed by atoms with van der Waals surface area (Å²) in [5.41, 5.74) is -2.52. The molecule has 13 heteroatoms. The Morgan fingerprint density at radius 3 is 2.52 bits per heavy atom. The Labute approximate surface area is 149 Å².